The van der Waals surface area contributed by atoms with E-state index in [4.69, 9.17) is 11.6 Å². The number of allylic oxidation sites excluding steroid dienone is 1. The lowest BCUT2D eigenvalue weighted by Gasteiger charge is -2.31. The van der Waals surface area contributed by atoms with Crippen LogP contribution < -0.4 is 5.32 Å². The van der Waals surface area contributed by atoms with E-state index in [0.29, 0.717) is 21.5 Å². The highest BCUT2D eigenvalue weighted by Crippen LogP contribution is 2.45. The molecule has 1 aromatic carbocycles. The number of thiophene rings is 1. The number of hydrogen-bond donors (Lipinski definition) is 1. The number of thioether (sulfide) groups is 1. The fourth-order valence-corrected chi connectivity index (χ4v) is 5.14. The van der Waals surface area contributed by atoms with Crippen molar-refractivity contribution in [3.05, 3.63) is 62.8 Å². The van der Waals surface area contributed by atoms with Gasteiger partial charge in [-0.1, -0.05) is 47.6 Å². The van der Waals surface area contributed by atoms with Gasteiger partial charge in [0.25, 0.3) is 0 Å². The quantitative estimate of drug-likeness (QED) is 0.786. The van der Waals surface area contributed by atoms with Gasteiger partial charge in [0.15, 0.2) is 5.78 Å². The molecule has 0 radical (unpaired) electrons. The summed E-state index contributed by atoms with van der Waals surface area (Å²) in [5.74, 6) is 0.0991. The van der Waals surface area contributed by atoms with Gasteiger partial charge in [-0.2, -0.15) is 0 Å². The monoisotopic (exact) mass is 388 g/mol. The topological polar surface area (TPSA) is 58.5 Å². The maximum absolute atomic E-state index is 12.3. The molecule has 1 amide bonds. The molecule has 25 heavy (non-hydrogen) atoms. The third-order valence-electron chi connectivity index (χ3n) is 4.13. The molecule has 0 spiro atoms. The number of rotatable bonds is 4. The molecule has 0 fully saturated rings. The fourth-order valence-electron chi connectivity index (χ4n) is 3.00. The van der Waals surface area contributed by atoms with Gasteiger partial charge in [0.2, 0.25) is 5.91 Å². The van der Waals surface area contributed by atoms with Crippen molar-refractivity contribution in [3.63, 3.8) is 0 Å². The molecule has 0 bridgehead atoms. The minimum atomic E-state index is -0.116. The highest BCUT2D eigenvalue weighted by molar-refractivity contribution is 8.03. The minimum absolute atomic E-state index is 0.0359. The lowest BCUT2D eigenvalue weighted by atomic mass is 9.84. The van der Waals surface area contributed by atoms with Crippen LogP contribution in [0.5, 0.6) is 0 Å². The predicted octanol–water partition coefficient (Wildman–Crippen LogP) is 4.46. The summed E-state index contributed by atoms with van der Waals surface area (Å²) in [6, 6.07) is 11.4. The van der Waals surface area contributed by atoms with E-state index in [-0.39, 0.29) is 23.4 Å². The van der Waals surface area contributed by atoms with Crippen LogP contribution in [0.25, 0.3) is 0 Å². The van der Waals surface area contributed by atoms with Crippen molar-refractivity contribution in [3.8, 4) is 0 Å². The number of halogens is 1. The molecule has 0 aliphatic carbocycles. The van der Waals surface area contributed by atoms with Crippen LogP contribution in [-0.2, 0) is 4.79 Å². The average molecular weight is 389 g/mol. The lowest BCUT2D eigenvalue weighted by Crippen LogP contribution is -2.34. The Balaban J connectivity index is 1.67. The molecule has 1 aromatic heterocycles. The number of amides is 1. The zero-order chi connectivity index (χ0) is 17.4. The summed E-state index contributed by atoms with van der Waals surface area (Å²) in [5.41, 5.74) is 2.61. The van der Waals surface area contributed by atoms with Crippen LogP contribution in [0.3, 0.4) is 0 Å². The zero-order valence-corrected chi connectivity index (χ0v) is 15.4. The van der Waals surface area contributed by atoms with E-state index in [1.165, 1.54) is 23.1 Å². The number of nitrogens with zero attached hydrogens (tertiary/aromatic N) is 1. The summed E-state index contributed by atoms with van der Waals surface area (Å²) in [4.78, 5) is 29.6. The standard InChI is InChI=1S/C18H13ClN2O2S2/c19-17-16-11(10-4-1-2-5-12(10)20-17)8-15(23)21-18(16)25-9-13(22)14-6-3-7-24-14/h1-7,11H,8-9H2,(H,21,23). The number of Topliss-reactive ketones (excluding diaryl/α,β-unsaturated/α-hetero) is 1. The molecule has 1 atom stereocenters. The third-order valence-corrected chi connectivity index (χ3v) is 6.35. The second kappa shape index (κ2) is 6.78. The van der Waals surface area contributed by atoms with Gasteiger partial charge in [0.05, 0.1) is 21.3 Å². The van der Waals surface area contributed by atoms with Crippen molar-refractivity contribution in [1.29, 1.82) is 0 Å². The molecule has 2 aliphatic rings. The van der Waals surface area contributed by atoms with E-state index in [9.17, 15) is 9.59 Å². The zero-order valence-electron chi connectivity index (χ0n) is 13.0. The van der Waals surface area contributed by atoms with Crippen LogP contribution in [0.15, 0.2) is 57.4 Å². The molecule has 0 saturated heterocycles. The molecule has 4 rings (SSSR count). The van der Waals surface area contributed by atoms with E-state index >= 15 is 0 Å². The summed E-state index contributed by atoms with van der Waals surface area (Å²) in [6.07, 6.45) is 0.334. The molecule has 2 aromatic rings. The molecule has 3 heterocycles. The smallest absolute Gasteiger partial charge is 0.225 e. The molecule has 1 unspecified atom stereocenters. The van der Waals surface area contributed by atoms with E-state index < -0.39 is 0 Å². The molecule has 4 nitrogen and oxygen atoms in total. The number of carbonyl (C=O) groups excluding carboxylic acids is 2. The second-order valence-electron chi connectivity index (χ2n) is 5.70. The van der Waals surface area contributed by atoms with Gasteiger partial charge in [0, 0.05) is 17.9 Å². The number of aliphatic imine (C=N–C) groups is 1. The Morgan fingerprint density at radius 1 is 1.32 bits per heavy atom. The first kappa shape index (κ1) is 16.6. The molecular weight excluding hydrogens is 376 g/mol. The number of fused-ring (bicyclic) bond motifs is 3. The number of para-hydroxylation sites is 1. The van der Waals surface area contributed by atoms with Crippen LogP contribution in [0.4, 0.5) is 5.69 Å². The summed E-state index contributed by atoms with van der Waals surface area (Å²) < 4.78 is 0. The first-order chi connectivity index (χ1) is 12.1. The van der Waals surface area contributed by atoms with Crippen molar-refractivity contribution in [2.75, 3.05) is 5.75 Å². The minimum Gasteiger partial charge on any atom is -0.320 e. The maximum Gasteiger partial charge on any atom is 0.225 e. The molecular formula is C18H13ClN2O2S2. The molecule has 7 heteroatoms. The Morgan fingerprint density at radius 3 is 2.96 bits per heavy atom. The predicted molar refractivity (Wildman–Crippen MR) is 103 cm³/mol. The summed E-state index contributed by atoms with van der Waals surface area (Å²) in [5, 5.41) is 5.76. The Hall–Kier alpha value is -1.89. The van der Waals surface area contributed by atoms with E-state index in [1.807, 2.05) is 35.7 Å². The number of hydrogen-bond acceptors (Lipinski definition) is 5. The van der Waals surface area contributed by atoms with Gasteiger partial charge in [-0.05, 0) is 23.1 Å². The SMILES string of the molecule is O=C1CC2C(=C(SCC(=O)c3cccs3)N1)C(Cl)=Nc1ccccc12. The van der Waals surface area contributed by atoms with Crippen LogP contribution in [-0.4, -0.2) is 22.6 Å². The lowest BCUT2D eigenvalue weighted by molar-refractivity contribution is -0.120. The summed E-state index contributed by atoms with van der Waals surface area (Å²) in [6.45, 7) is 0. The Kier molecular flexibility index (Phi) is 4.50. The van der Waals surface area contributed by atoms with Gasteiger partial charge in [0.1, 0.15) is 5.17 Å². The van der Waals surface area contributed by atoms with Crippen molar-refractivity contribution >= 4 is 57.2 Å². The Morgan fingerprint density at radius 2 is 2.16 bits per heavy atom. The van der Waals surface area contributed by atoms with Crippen molar-refractivity contribution < 1.29 is 9.59 Å². The average Bonchev–Trinajstić information content (AvgIpc) is 3.14. The van der Waals surface area contributed by atoms with Crippen LogP contribution >= 0.6 is 34.7 Å². The normalized spacial score (nSPS) is 19.0. The highest BCUT2D eigenvalue weighted by atomic mass is 35.5. The fraction of sp³-hybridized carbons (Fsp3) is 0.167. The number of ketones is 1. The van der Waals surface area contributed by atoms with Crippen molar-refractivity contribution in [2.45, 2.75) is 12.3 Å². The van der Waals surface area contributed by atoms with Gasteiger partial charge in [-0.25, -0.2) is 4.99 Å². The van der Waals surface area contributed by atoms with Crippen molar-refractivity contribution in [2.24, 2.45) is 4.99 Å². The number of carbonyl (C=O) groups is 2. The van der Waals surface area contributed by atoms with E-state index in [0.717, 1.165) is 16.8 Å². The molecule has 2 aliphatic heterocycles. The van der Waals surface area contributed by atoms with E-state index in [1.54, 1.807) is 6.07 Å². The van der Waals surface area contributed by atoms with Crippen molar-refractivity contribution in [1.82, 2.24) is 5.32 Å². The molecule has 0 saturated carbocycles. The Bertz CT molecular complexity index is 919. The Labute approximate surface area is 158 Å². The van der Waals surface area contributed by atoms with Crippen LogP contribution in [0.2, 0.25) is 0 Å². The van der Waals surface area contributed by atoms with Crippen LogP contribution in [0.1, 0.15) is 27.6 Å². The van der Waals surface area contributed by atoms with E-state index in [2.05, 4.69) is 10.3 Å². The maximum atomic E-state index is 12.3. The molecule has 126 valence electrons. The summed E-state index contributed by atoms with van der Waals surface area (Å²) >= 11 is 9.15. The summed E-state index contributed by atoms with van der Waals surface area (Å²) in [7, 11) is 0. The number of nitrogens with one attached hydrogen (secondary N) is 1. The van der Waals surface area contributed by atoms with Gasteiger partial charge < -0.3 is 5.32 Å². The van der Waals surface area contributed by atoms with Crippen LogP contribution in [0, 0.1) is 0 Å². The first-order valence-electron chi connectivity index (χ1n) is 7.70. The second-order valence-corrected chi connectivity index (χ2v) is 7.99. The van der Waals surface area contributed by atoms with Gasteiger partial charge >= 0.3 is 0 Å². The first-order valence-corrected chi connectivity index (χ1v) is 9.95. The van der Waals surface area contributed by atoms with Gasteiger partial charge in [-0.15, -0.1) is 11.3 Å². The van der Waals surface area contributed by atoms with Gasteiger partial charge in [-0.3, -0.25) is 9.59 Å². The molecule has 1 N–H and O–H groups in total. The number of benzene rings is 1. The largest absolute Gasteiger partial charge is 0.320 e. The third kappa shape index (κ3) is 3.17. The highest BCUT2D eigenvalue weighted by Gasteiger charge is 2.35.